The van der Waals surface area contributed by atoms with E-state index in [4.69, 9.17) is 4.74 Å². The van der Waals surface area contributed by atoms with Gasteiger partial charge in [-0.2, -0.15) is 0 Å². The standard InChI is InChI=1S/C16H18N2O3S/c1-11-8-13(9-19)12(2)18(11)17-16(20)10-22-15-6-4-14(21-3)5-7-15/h4-9H,10H2,1-3H3,(H,17,20). The highest BCUT2D eigenvalue weighted by molar-refractivity contribution is 8.00. The van der Waals surface area contributed by atoms with Gasteiger partial charge in [0.25, 0.3) is 0 Å². The second-order valence-electron chi connectivity index (χ2n) is 4.78. The lowest BCUT2D eigenvalue weighted by atomic mass is 10.3. The number of thioether (sulfide) groups is 1. The quantitative estimate of drug-likeness (QED) is 0.657. The first kappa shape index (κ1) is 16.2. The predicted octanol–water partition coefficient (Wildman–Crippen LogP) is 2.79. The molecular weight excluding hydrogens is 300 g/mol. The highest BCUT2D eigenvalue weighted by Gasteiger charge is 2.11. The van der Waals surface area contributed by atoms with E-state index in [-0.39, 0.29) is 5.91 Å². The second-order valence-corrected chi connectivity index (χ2v) is 5.83. The van der Waals surface area contributed by atoms with Gasteiger partial charge in [-0.25, -0.2) is 0 Å². The van der Waals surface area contributed by atoms with Crippen molar-refractivity contribution in [1.29, 1.82) is 0 Å². The molecule has 2 aromatic rings. The van der Waals surface area contributed by atoms with Crippen LogP contribution in [0.25, 0.3) is 0 Å². The molecule has 0 aliphatic rings. The van der Waals surface area contributed by atoms with E-state index < -0.39 is 0 Å². The number of carbonyl (C=O) groups is 2. The van der Waals surface area contributed by atoms with Crippen LogP contribution in [0.1, 0.15) is 21.7 Å². The number of aryl methyl sites for hydroxylation is 1. The first-order valence-corrected chi connectivity index (χ1v) is 7.74. The van der Waals surface area contributed by atoms with E-state index in [1.165, 1.54) is 11.8 Å². The smallest absolute Gasteiger partial charge is 0.249 e. The molecule has 0 saturated heterocycles. The van der Waals surface area contributed by atoms with Crippen molar-refractivity contribution in [2.75, 3.05) is 18.3 Å². The van der Waals surface area contributed by atoms with E-state index in [1.54, 1.807) is 24.8 Å². The maximum atomic E-state index is 12.0. The molecule has 0 spiro atoms. The number of benzene rings is 1. The van der Waals surface area contributed by atoms with E-state index in [2.05, 4.69) is 5.43 Å². The Bertz CT molecular complexity index is 677. The Morgan fingerprint density at radius 3 is 2.55 bits per heavy atom. The first-order valence-electron chi connectivity index (χ1n) is 6.76. The number of hydrogen-bond donors (Lipinski definition) is 1. The summed E-state index contributed by atoms with van der Waals surface area (Å²) in [6, 6.07) is 9.29. The molecular formula is C16H18N2O3S. The Labute approximate surface area is 133 Å². The van der Waals surface area contributed by atoms with Crippen molar-refractivity contribution < 1.29 is 14.3 Å². The molecule has 6 heteroatoms. The Kier molecular flexibility index (Phi) is 5.27. The number of aromatic nitrogens is 1. The molecule has 1 amide bonds. The van der Waals surface area contributed by atoms with Gasteiger partial charge in [0, 0.05) is 21.8 Å². The average Bonchev–Trinajstić information content (AvgIpc) is 2.81. The van der Waals surface area contributed by atoms with Crippen molar-refractivity contribution in [3.63, 3.8) is 0 Å². The molecule has 0 unspecified atom stereocenters. The van der Waals surface area contributed by atoms with Gasteiger partial charge in [-0.3, -0.25) is 19.7 Å². The maximum Gasteiger partial charge on any atom is 0.249 e. The normalized spacial score (nSPS) is 10.3. The van der Waals surface area contributed by atoms with Crippen molar-refractivity contribution in [2.45, 2.75) is 18.7 Å². The van der Waals surface area contributed by atoms with Gasteiger partial charge in [-0.1, -0.05) is 0 Å². The van der Waals surface area contributed by atoms with E-state index in [0.717, 1.165) is 28.3 Å². The second kappa shape index (κ2) is 7.17. The fourth-order valence-electron chi connectivity index (χ4n) is 2.06. The molecule has 0 atom stereocenters. The number of rotatable bonds is 6. The molecule has 22 heavy (non-hydrogen) atoms. The molecule has 2 rings (SSSR count). The number of nitrogens with zero attached hydrogens (tertiary/aromatic N) is 1. The third-order valence-corrected chi connectivity index (χ3v) is 4.28. The molecule has 0 saturated carbocycles. The number of methoxy groups -OCH3 is 1. The third-order valence-electron chi connectivity index (χ3n) is 3.26. The van der Waals surface area contributed by atoms with Crippen LogP contribution < -0.4 is 10.2 Å². The van der Waals surface area contributed by atoms with Crippen molar-refractivity contribution in [3.8, 4) is 5.75 Å². The summed E-state index contributed by atoms with van der Waals surface area (Å²) < 4.78 is 6.73. The lowest BCUT2D eigenvalue weighted by Gasteiger charge is -2.11. The monoisotopic (exact) mass is 318 g/mol. The molecule has 1 aromatic heterocycles. The van der Waals surface area contributed by atoms with Gasteiger partial charge < -0.3 is 4.74 Å². The maximum absolute atomic E-state index is 12.0. The van der Waals surface area contributed by atoms with Crippen molar-refractivity contribution in [1.82, 2.24) is 4.68 Å². The molecule has 0 fully saturated rings. The van der Waals surface area contributed by atoms with Crippen LogP contribution in [0.5, 0.6) is 5.75 Å². The van der Waals surface area contributed by atoms with Crippen LogP contribution in [-0.4, -0.2) is 29.7 Å². The summed E-state index contributed by atoms with van der Waals surface area (Å²) in [7, 11) is 1.62. The highest BCUT2D eigenvalue weighted by atomic mass is 32.2. The SMILES string of the molecule is COc1ccc(SCC(=O)Nn2c(C)cc(C=O)c2C)cc1. The summed E-state index contributed by atoms with van der Waals surface area (Å²) >= 11 is 1.44. The Balaban J connectivity index is 1.95. The van der Waals surface area contributed by atoms with Gasteiger partial charge in [-0.15, -0.1) is 11.8 Å². The minimum atomic E-state index is -0.125. The lowest BCUT2D eigenvalue weighted by Crippen LogP contribution is -2.26. The van der Waals surface area contributed by atoms with Crippen molar-refractivity contribution in [3.05, 3.63) is 47.3 Å². The fourth-order valence-corrected chi connectivity index (χ4v) is 2.75. The van der Waals surface area contributed by atoms with Crippen molar-refractivity contribution in [2.24, 2.45) is 0 Å². The van der Waals surface area contributed by atoms with Crippen molar-refractivity contribution >= 4 is 24.0 Å². The number of ether oxygens (including phenoxy) is 1. The number of nitrogens with one attached hydrogen (secondary N) is 1. The van der Waals surface area contributed by atoms with Crippen LogP contribution in [0.3, 0.4) is 0 Å². The number of carbonyl (C=O) groups excluding carboxylic acids is 2. The molecule has 1 aromatic carbocycles. The fraction of sp³-hybridized carbons (Fsp3) is 0.250. The zero-order valence-electron chi connectivity index (χ0n) is 12.8. The molecule has 1 N–H and O–H groups in total. The number of amides is 1. The highest BCUT2D eigenvalue weighted by Crippen LogP contribution is 2.21. The summed E-state index contributed by atoms with van der Waals surface area (Å²) in [6.07, 6.45) is 0.789. The largest absolute Gasteiger partial charge is 0.497 e. The van der Waals surface area contributed by atoms with E-state index in [0.29, 0.717) is 11.3 Å². The van der Waals surface area contributed by atoms with Gasteiger partial charge in [0.2, 0.25) is 5.91 Å². The van der Waals surface area contributed by atoms with E-state index in [9.17, 15) is 9.59 Å². The number of aldehydes is 1. The molecule has 116 valence electrons. The summed E-state index contributed by atoms with van der Waals surface area (Å²) in [4.78, 5) is 23.9. The molecule has 0 aliphatic heterocycles. The Hall–Kier alpha value is -2.21. The minimum Gasteiger partial charge on any atom is -0.497 e. The van der Waals surface area contributed by atoms with E-state index in [1.807, 2.05) is 31.2 Å². The van der Waals surface area contributed by atoms with Gasteiger partial charge in [0.15, 0.2) is 6.29 Å². The summed E-state index contributed by atoms with van der Waals surface area (Å²) in [5.74, 6) is 0.952. The zero-order valence-corrected chi connectivity index (χ0v) is 13.6. The van der Waals surface area contributed by atoms with Crippen LogP contribution in [0.2, 0.25) is 0 Å². The average molecular weight is 318 g/mol. The molecule has 1 heterocycles. The topological polar surface area (TPSA) is 60.3 Å². The van der Waals surface area contributed by atoms with Crippen LogP contribution >= 0.6 is 11.8 Å². The molecule has 0 bridgehead atoms. The molecule has 5 nitrogen and oxygen atoms in total. The minimum absolute atomic E-state index is 0.125. The van der Waals surface area contributed by atoms with E-state index >= 15 is 0 Å². The van der Waals surface area contributed by atoms with Gasteiger partial charge in [0.05, 0.1) is 12.9 Å². The Morgan fingerprint density at radius 1 is 1.32 bits per heavy atom. The van der Waals surface area contributed by atoms with Crippen LogP contribution in [0.4, 0.5) is 0 Å². The number of hydrogen-bond acceptors (Lipinski definition) is 4. The first-order chi connectivity index (χ1) is 10.5. The molecule has 0 radical (unpaired) electrons. The zero-order chi connectivity index (χ0) is 16.1. The Morgan fingerprint density at radius 2 is 2.00 bits per heavy atom. The van der Waals surface area contributed by atoms with Crippen LogP contribution in [-0.2, 0) is 4.79 Å². The molecule has 0 aliphatic carbocycles. The summed E-state index contributed by atoms with van der Waals surface area (Å²) in [5.41, 5.74) is 4.94. The van der Waals surface area contributed by atoms with Gasteiger partial charge >= 0.3 is 0 Å². The van der Waals surface area contributed by atoms with Crippen LogP contribution in [0, 0.1) is 13.8 Å². The summed E-state index contributed by atoms with van der Waals surface area (Å²) in [6.45, 7) is 3.64. The predicted molar refractivity (Wildman–Crippen MR) is 87.4 cm³/mol. The van der Waals surface area contributed by atoms with Gasteiger partial charge in [0.1, 0.15) is 5.75 Å². The lowest BCUT2D eigenvalue weighted by molar-refractivity contribution is -0.114. The van der Waals surface area contributed by atoms with Gasteiger partial charge in [-0.05, 0) is 44.2 Å². The summed E-state index contributed by atoms with van der Waals surface area (Å²) in [5, 5.41) is 0. The third kappa shape index (κ3) is 3.71. The van der Waals surface area contributed by atoms with Crippen LogP contribution in [0.15, 0.2) is 35.2 Å².